The average Bonchev–Trinajstić information content (AvgIpc) is 3.20. The van der Waals surface area contributed by atoms with Crippen LogP contribution in [0.5, 0.6) is 11.5 Å². The summed E-state index contributed by atoms with van der Waals surface area (Å²) in [6, 6.07) is 18.1. The summed E-state index contributed by atoms with van der Waals surface area (Å²) < 4.78 is 16.0. The number of methoxy groups -OCH3 is 2. The molecule has 1 heterocycles. The number of aryl methyl sites for hydroxylation is 1. The molecule has 2 N–H and O–H groups in total. The van der Waals surface area contributed by atoms with Gasteiger partial charge in [-0.05, 0) is 54.4 Å². The molecule has 0 unspecified atom stereocenters. The highest BCUT2D eigenvalue weighted by atomic mass is 16.5. The predicted molar refractivity (Wildman–Crippen MR) is 136 cm³/mol. The number of rotatable bonds is 8. The molecular weight excluding hydrogens is 460 g/mol. The van der Waals surface area contributed by atoms with Crippen LogP contribution in [0, 0.1) is 13.8 Å². The SMILES string of the molecule is COC(=O)c1c(C)[nH]c(C(=O)COc2cc3ccccc3cc2C(=O)Nc2ccccc2OC)c1C. The molecular formula is C28H26N2O6. The first-order valence-electron chi connectivity index (χ1n) is 11.2. The number of esters is 1. The summed E-state index contributed by atoms with van der Waals surface area (Å²) in [7, 11) is 2.81. The number of hydrogen-bond donors (Lipinski definition) is 2. The van der Waals surface area contributed by atoms with Gasteiger partial charge < -0.3 is 24.5 Å². The fourth-order valence-corrected chi connectivity index (χ4v) is 4.11. The van der Waals surface area contributed by atoms with Crippen LogP contribution in [0.25, 0.3) is 10.8 Å². The van der Waals surface area contributed by atoms with Crippen molar-refractivity contribution in [2.45, 2.75) is 13.8 Å². The Hall–Kier alpha value is -4.59. The standard InChI is InChI=1S/C28H26N2O6/c1-16-25(28(33)35-4)17(2)29-26(16)22(31)15-36-24-14-19-10-6-5-9-18(19)13-20(24)27(32)30-21-11-7-8-12-23(21)34-3/h5-14,29H,15H2,1-4H3,(H,30,32). The Labute approximate surface area is 208 Å². The zero-order valence-corrected chi connectivity index (χ0v) is 20.4. The molecule has 1 amide bonds. The van der Waals surface area contributed by atoms with Crippen molar-refractivity contribution in [3.8, 4) is 11.5 Å². The van der Waals surface area contributed by atoms with E-state index in [0.29, 0.717) is 28.3 Å². The molecule has 36 heavy (non-hydrogen) atoms. The zero-order chi connectivity index (χ0) is 25.8. The third kappa shape index (κ3) is 4.79. The number of fused-ring (bicyclic) bond motifs is 1. The maximum atomic E-state index is 13.3. The van der Waals surface area contributed by atoms with Gasteiger partial charge in [-0.1, -0.05) is 36.4 Å². The first kappa shape index (κ1) is 24.5. The third-order valence-corrected chi connectivity index (χ3v) is 5.91. The molecule has 4 rings (SSSR count). The van der Waals surface area contributed by atoms with Crippen molar-refractivity contribution >= 4 is 34.1 Å². The van der Waals surface area contributed by atoms with Gasteiger partial charge in [0.25, 0.3) is 5.91 Å². The molecule has 3 aromatic carbocycles. The Morgan fingerprint density at radius 1 is 0.889 bits per heavy atom. The smallest absolute Gasteiger partial charge is 0.339 e. The van der Waals surface area contributed by atoms with Gasteiger partial charge in [-0.2, -0.15) is 0 Å². The van der Waals surface area contributed by atoms with Crippen molar-refractivity contribution in [2.75, 3.05) is 26.1 Å². The molecule has 184 valence electrons. The monoisotopic (exact) mass is 486 g/mol. The Morgan fingerprint density at radius 3 is 2.25 bits per heavy atom. The minimum atomic E-state index is -0.522. The van der Waals surface area contributed by atoms with Gasteiger partial charge in [0.1, 0.15) is 11.5 Å². The molecule has 0 aliphatic carbocycles. The Balaban J connectivity index is 1.64. The number of amides is 1. The second kappa shape index (κ2) is 10.4. The minimum Gasteiger partial charge on any atom is -0.495 e. The number of hydrogen-bond acceptors (Lipinski definition) is 6. The summed E-state index contributed by atoms with van der Waals surface area (Å²) in [6.07, 6.45) is 0. The number of Topliss-reactive ketones (excluding diaryl/α,β-unsaturated/α-hetero) is 1. The maximum absolute atomic E-state index is 13.3. The number of anilines is 1. The van der Waals surface area contributed by atoms with Gasteiger partial charge in [0.05, 0.1) is 36.7 Å². The maximum Gasteiger partial charge on any atom is 0.339 e. The molecule has 0 saturated carbocycles. The summed E-state index contributed by atoms with van der Waals surface area (Å²) in [5, 5.41) is 4.56. The molecule has 0 atom stereocenters. The third-order valence-electron chi connectivity index (χ3n) is 5.91. The summed E-state index contributed by atoms with van der Waals surface area (Å²) in [6.45, 7) is 3.03. The predicted octanol–water partition coefficient (Wildman–Crippen LogP) is 5.09. The highest BCUT2D eigenvalue weighted by molar-refractivity contribution is 6.09. The van der Waals surface area contributed by atoms with E-state index in [9.17, 15) is 14.4 Å². The molecule has 4 aromatic rings. The van der Waals surface area contributed by atoms with Gasteiger partial charge in [-0.3, -0.25) is 9.59 Å². The lowest BCUT2D eigenvalue weighted by Crippen LogP contribution is -2.18. The lowest BCUT2D eigenvalue weighted by Gasteiger charge is -2.14. The van der Waals surface area contributed by atoms with Gasteiger partial charge in [-0.25, -0.2) is 4.79 Å². The lowest BCUT2D eigenvalue weighted by atomic mass is 10.0. The number of carbonyl (C=O) groups is 3. The van der Waals surface area contributed by atoms with Crippen molar-refractivity contribution in [1.29, 1.82) is 0 Å². The van der Waals surface area contributed by atoms with E-state index in [1.54, 1.807) is 50.2 Å². The summed E-state index contributed by atoms with van der Waals surface area (Å²) in [5.41, 5.74) is 2.37. The van der Waals surface area contributed by atoms with E-state index in [2.05, 4.69) is 10.3 Å². The number of H-pyrrole nitrogens is 1. The van der Waals surface area contributed by atoms with E-state index in [0.717, 1.165) is 10.8 Å². The van der Waals surface area contributed by atoms with E-state index in [1.165, 1.54) is 14.2 Å². The molecule has 1 aromatic heterocycles. The van der Waals surface area contributed by atoms with Crippen LogP contribution in [0.4, 0.5) is 5.69 Å². The van der Waals surface area contributed by atoms with Gasteiger partial charge in [0, 0.05) is 5.69 Å². The van der Waals surface area contributed by atoms with Gasteiger partial charge in [0.15, 0.2) is 6.61 Å². The van der Waals surface area contributed by atoms with E-state index in [4.69, 9.17) is 14.2 Å². The lowest BCUT2D eigenvalue weighted by molar-refractivity contribution is 0.0599. The van der Waals surface area contributed by atoms with E-state index in [1.807, 2.05) is 24.3 Å². The summed E-state index contributed by atoms with van der Waals surface area (Å²) in [4.78, 5) is 41.3. The van der Waals surface area contributed by atoms with E-state index in [-0.39, 0.29) is 29.4 Å². The molecule has 8 heteroatoms. The summed E-state index contributed by atoms with van der Waals surface area (Å²) >= 11 is 0. The van der Waals surface area contributed by atoms with Crippen LogP contribution in [0.3, 0.4) is 0 Å². The molecule has 0 aliphatic heterocycles. The number of nitrogens with one attached hydrogen (secondary N) is 2. The minimum absolute atomic E-state index is 0.253. The van der Waals surface area contributed by atoms with Crippen molar-refractivity contribution in [3.05, 3.63) is 88.7 Å². The quantitative estimate of drug-likeness (QED) is 0.265. The fraction of sp³-hybridized carbons (Fsp3) is 0.179. The summed E-state index contributed by atoms with van der Waals surface area (Å²) in [5.74, 6) is -0.527. The molecule has 0 aliphatic rings. The van der Waals surface area contributed by atoms with Crippen LogP contribution < -0.4 is 14.8 Å². The Morgan fingerprint density at radius 2 is 1.56 bits per heavy atom. The highest BCUT2D eigenvalue weighted by Gasteiger charge is 2.23. The van der Waals surface area contributed by atoms with Gasteiger partial charge >= 0.3 is 5.97 Å². The molecule has 0 fully saturated rings. The van der Waals surface area contributed by atoms with Crippen molar-refractivity contribution < 1.29 is 28.6 Å². The van der Waals surface area contributed by atoms with Gasteiger partial charge in [0.2, 0.25) is 5.78 Å². The van der Waals surface area contributed by atoms with Crippen molar-refractivity contribution in [3.63, 3.8) is 0 Å². The number of carbonyl (C=O) groups excluding carboxylic acids is 3. The van der Waals surface area contributed by atoms with Crippen LogP contribution in [0.2, 0.25) is 0 Å². The normalized spacial score (nSPS) is 10.7. The van der Waals surface area contributed by atoms with Crippen LogP contribution in [0.15, 0.2) is 60.7 Å². The number of aromatic nitrogens is 1. The second-order valence-electron chi connectivity index (χ2n) is 8.18. The van der Waals surface area contributed by atoms with Gasteiger partial charge in [-0.15, -0.1) is 0 Å². The molecule has 8 nitrogen and oxygen atoms in total. The second-order valence-corrected chi connectivity index (χ2v) is 8.18. The Kier molecular flexibility index (Phi) is 7.05. The first-order valence-corrected chi connectivity index (χ1v) is 11.2. The van der Waals surface area contributed by atoms with Crippen molar-refractivity contribution in [2.24, 2.45) is 0 Å². The number of ether oxygens (including phenoxy) is 3. The molecule has 0 spiro atoms. The number of aromatic amines is 1. The van der Waals surface area contributed by atoms with Crippen LogP contribution in [0.1, 0.15) is 42.5 Å². The Bertz CT molecular complexity index is 1470. The van der Waals surface area contributed by atoms with Crippen LogP contribution in [-0.4, -0.2) is 43.5 Å². The zero-order valence-electron chi connectivity index (χ0n) is 20.4. The average molecular weight is 487 g/mol. The van der Waals surface area contributed by atoms with E-state index >= 15 is 0 Å². The van der Waals surface area contributed by atoms with E-state index < -0.39 is 11.9 Å². The number of para-hydroxylation sites is 2. The number of ketones is 1. The first-order chi connectivity index (χ1) is 17.3. The molecule has 0 radical (unpaired) electrons. The number of benzene rings is 3. The van der Waals surface area contributed by atoms with Crippen molar-refractivity contribution in [1.82, 2.24) is 4.98 Å². The fourth-order valence-electron chi connectivity index (χ4n) is 4.11. The van der Waals surface area contributed by atoms with Crippen LogP contribution in [-0.2, 0) is 4.74 Å². The largest absolute Gasteiger partial charge is 0.495 e. The topological polar surface area (TPSA) is 107 Å². The highest BCUT2D eigenvalue weighted by Crippen LogP contribution is 2.30. The molecule has 0 bridgehead atoms. The molecule has 0 saturated heterocycles. The van der Waals surface area contributed by atoms with Crippen LogP contribution >= 0.6 is 0 Å².